The van der Waals surface area contributed by atoms with Crippen molar-refractivity contribution in [3.8, 4) is 0 Å². The van der Waals surface area contributed by atoms with Gasteiger partial charge in [-0.3, -0.25) is 14.9 Å². The average molecular weight is 308 g/mol. The number of nitrogens with zero attached hydrogens (tertiary/aromatic N) is 1. The van der Waals surface area contributed by atoms with Crippen molar-refractivity contribution < 1.29 is 14.8 Å². The topological polar surface area (TPSA) is 92.5 Å². The van der Waals surface area contributed by atoms with Crippen molar-refractivity contribution in [3.63, 3.8) is 0 Å². The molecule has 0 aliphatic carbocycles. The molecule has 0 heterocycles. The van der Waals surface area contributed by atoms with E-state index in [1.54, 1.807) is 6.92 Å². The van der Waals surface area contributed by atoms with Gasteiger partial charge in [-0.05, 0) is 25.5 Å². The third-order valence-corrected chi connectivity index (χ3v) is 3.61. The Labute approximate surface area is 130 Å². The number of carbonyl (C=O) groups is 1. The number of benzene rings is 1. The molecule has 2 atom stereocenters. The first-order valence-corrected chi connectivity index (χ1v) is 7.69. The Morgan fingerprint density at radius 1 is 1.27 bits per heavy atom. The van der Waals surface area contributed by atoms with Gasteiger partial charge in [0.2, 0.25) is 0 Å². The van der Waals surface area contributed by atoms with Gasteiger partial charge in [-0.25, -0.2) is 0 Å². The number of aliphatic hydroxyl groups is 1. The molecule has 0 bridgehead atoms. The van der Waals surface area contributed by atoms with Crippen LogP contribution in [-0.2, 0) is 0 Å². The number of carbonyl (C=O) groups excluding carboxylic acids is 1. The summed E-state index contributed by atoms with van der Waals surface area (Å²) in [7, 11) is 0. The zero-order valence-electron chi connectivity index (χ0n) is 13.1. The number of nitro benzene ring substituents is 1. The number of non-ortho nitro benzene ring substituents is 1. The zero-order chi connectivity index (χ0) is 16.5. The second-order valence-electron chi connectivity index (χ2n) is 5.47. The van der Waals surface area contributed by atoms with Gasteiger partial charge in [-0.15, -0.1) is 0 Å². The van der Waals surface area contributed by atoms with Gasteiger partial charge in [0.1, 0.15) is 0 Å². The lowest BCUT2D eigenvalue weighted by molar-refractivity contribution is -0.384. The third kappa shape index (κ3) is 5.81. The molecule has 6 nitrogen and oxygen atoms in total. The lowest BCUT2D eigenvalue weighted by Gasteiger charge is -2.21. The van der Waals surface area contributed by atoms with Crippen molar-refractivity contribution in [2.24, 2.45) is 0 Å². The standard InChI is InChI=1S/C16H24N2O4/c1-3-4-5-6-7-15(12(2)19)17-16(20)13-8-10-14(11-9-13)18(21)22/h8-12,15,19H,3-7H2,1-2H3,(H,17,20)/t12-,15-/m1/s1. The van der Waals surface area contributed by atoms with Crippen molar-refractivity contribution >= 4 is 11.6 Å². The number of aliphatic hydroxyl groups excluding tert-OH is 1. The lowest BCUT2D eigenvalue weighted by atomic mass is 10.0. The summed E-state index contributed by atoms with van der Waals surface area (Å²) in [6.45, 7) is 3.78. The maximum absolute atomic E-state index is 12.1. The average Bonchev–Trinajstić information content (AvgIpc) is 2.50. The quantitative estimate of drug-likeness (QED) is 0.416. The first-order valence-electron chi connectivity index (χ1n) is 7.69. The lowest BCUT2D eigenvalue weighted by Crippen LogP contribution is -2.42. The molecule has 1 amide bonds. The zero-order valence-corrected chi connectivity index (χ0v) is 13.1. The number of nitro groups is 1. The molecule has 0 saturated heterocycles. The van der Waals surface area contributed by atoms with E-state index in [-0.39, 0.29) is 17.6 Å². The van der Waals surface area contributed by atoms with E-state index in [9.17, 15) is 20.0 Å². The van der Waals surface area contributed by atoms with Crippen LogP contribution in [0.4, 0.5) is 5.69 Å². The van der Waals surface area contributed by atoms with Gasteiger partial charge in [0.15, 0.2) is 0 Å². The van der Waals surface area contributed by atoms with E-state index in [0.717, 1.165) is 32.1 Å². The van der Waals surface area contributed by atoms with Gasteiger partial charge in [0, 0.05) is 17.7 Å². The molecule has 6 heteroatoms. The van der Waals surface area contributed by atoms with Gasteiger partial charge in [0.25, 0.3) is 11.6 Å². The van der Waals surface area contributed by atoms with E-state index in [1.807, 2.05) is 0 Å². The predicted octanol–water partition coefficient (Wildman–Crippen LogP) is 3.04. The SMILES string of the molecule is CCCCCC[C@@H](NC(=O)c1ccc([N+](=O)[O-])cc1)[C@@H](C)O. The highest BCUT2D eigenvalue weighted by Gasteiger charge is 2.18. The number of nitrogens with one attached hydrogen (secondary N) is 1. The Morgan fingerprint density at radius 3 is 2.41 bits per heavy atom. The normalized spacial score (nSPS) is 13.4. The maximum atomic E-state index is 12.1. The summed E-state index contributed by atoms with van der Waals surface area (Å²) in [6, 6.07) is 5.13. The summed E-state index contributed by atoms with van der Waals surface area (Å²) < 4.78 is 0. The molecular formula is C16H24N2O4. The van der Waals surface area contributed by atoms with Crippen LogP contribution >= 0.6 is 0 Å². The molecule has 0 aliphatic heterocycles. The summed E-state index contributed by atoms with van der Waals surface area (Å²) in [6.07, 6.45) is 4.38. The van der Waals surface area contributed by atoms with E-state index in [1.165, 1.54) is 24.3 Å². The minimum Gasteiger partial charge on any atom is -0.391 e. The first-order chi connectivity index (χ1) is 10.5. The Hall–Kier alpha value is -1.95. The van der Waals surface area contributed by atoms with Crippen LogP contribution in [0.3, 0.4) is 0 Å². The molecule has 0 saturated carbocycles. The molecule has 2 N–H and O–H groups in total. The fourth-order valence-electron chi connectivity index (χ4n) is 2.21. The van der Waals surface area contributed by atoms with Gasteiger partial charge in [0.05, 0.1) is 17.1 Å². The summed E-state index contributed by atoms with van der Waals surface area (Å²) in [4.78, 5) is 22.2. The predicted molar refractivity (Wildman–Crippen MR) is 84.8 cm³/mol. The van der Waals surface area contributed by atoms with Crippen LogP contribution in [0.25, 0.3) is 0 Å². The summed E-state index contributed by atoms with van der Waals surface area (Å²) >= 11 is 0. The number of hydrogen-bond donors (Lipinski definition) is 2. The molecule has 122 valence electrons. The molecule has 0 spiro atoms. The van der Waals surface area contributed by atoms with Crippen LogP contribution in [0.5, 0.6) is 0 Å². The fraction of sp³-hybridized carbons (Fsp3) is 0.562. The minimum atomic E-state index is -0.636. The number of amides is 1. The Morgan fingerprint density at radius 2 is 1.91 bits per heavy atom. The summed E-state index contributed by atoms with van der Waals surface area (Å²) in [5.41, 5.74) is 0.299. The van der Waals surface area contributed by atoms with E-state index in [0.29, 0.717) is 5.56 Å². The van der Waals surface area contributed by atoms with Crippen LogP contribution in [0, 0.1) is 10.1 Å². The highest BCUT2D eigenvalue weighted by Crippen LogP contribution is 2.13. The van der Waals surface area contributed by atoms with Gasteiger partial charge in [-0.2, -0.15) is 0 Å². The monoisotopic (exact) mass is 308 g/mol. The van der Waals surface area contributed by atoms with Crippen molar-refractivity contribution in [1.82, 2.24) is 5.32 Å². The maximum Gasteiger partial charge on any atom is 0.269 e. The van der Waals surface area contributed by atoms with E-state index >= 15 is 0 Å². The number of hydrogen-bond acceptors (Lipinski definition) is 4. The Bertz CT molecular complexity index is 485. The number of unbranched alkanes of at least 4 members (excludes halogenated alkanes) is 3. The molecule has 0 fully saturated rings. The van der Waals surface area contributed by atoms with Crippen LogP contribution in [0.2, 0.25) is 0 Å². The second kappa shape index (κ2) is 9.15. The highest BCUT2D eigenvalue weighted by molar-refractivity contribution is 5.94. The van der Waals surface area contributed by atoms with Crippen molar-refractivity contribution in [3.05, 3.63) is 39.9 Å². The molecule has 0 radical (unpaired) electrons. The van der Waals surface area contributed by atoms with E-state index in [4.69, 9.17) is 0 Å². The van der Waals surface area contributed by atoms with Crippen LogP contribution < -0.4 is 5.32 Å². The van der Waals surface area contributed by atoms with Gasteiger partial charge >= 0.3 is 0 Å². The Balaban J connectivity index is 2.60. The second-order valence-corrected chi connectivity index (χ2v) is 5.47. The van der Waals surface area contributed by atoms with E-state index in [2.05, 4.69) is 12.2 Å². The van der Waals surface area contributed by atoms with Crippen molar-refractivity contribution in [1.29, 1.82) is 0 Å². The van der Waals surface area contributed by atoms with Crippen molar-refractivity contribution in [2.45, 2.75) is 58.1 Å². The first kappa shape index (κ1) is 18.1. The summed E-state index contributed by atoms with van der Waals surface area (Å²) in [5.74, 6) is -0.323. The number of rotatable bonds is 9. The fourth-order valence-corrected chi connectivity index (χ4v) is 2.21. The highest BCUT2D eigenvalue weighted by atomic mass is 16.6. The summed E-state index contributed by atoms with van der Waals surface area (Å²) in [5, 5.41) is 23.2. The Kier molecular flexibility index (Phi) is 7.52. The molecule has 1 rings (SSSR count). The van der Waals surface area contributed by atoms with Crippen molar-refractivity contribution in [2.75, 3.05) is 0 Å². The molecule has 0 aliphatic rings. The van der Waals surface area contributed by atoms with Gasteiger partial charge in [-0.1, -0.05) is 32.6 Å². The molecule has 0 aromatic heterocycles. The smallest absolute Gasteiger partial charge is 0.269 e. The van der Waals surface area contributed by atoms with E-state index < -0.39 is 11.0 Å². The van der Waals surface area contributed by atoms with Gasteiger partial charge < -0.3 is 10.4 Å². The molecule has 1 aromatic carbocycles. The molecule has 1 aromatic rings. The minimum absolute atomic E-state index is 0.0526. The third-order valence-electron chi connectivity index (χ3n) is 3.61. The molecule has 22 heavy (non-hydrogen) atoms. The van der Waals surface area contributed by atoms with Crippen LogP contribution in [0.15, 0.2) is 24.3 Å². The largest absolute Gasteiger partial charge is 0.391 e. The molecular weight excluding hydrogens is 284 g/mol. The molecule has 0 unspecified atom stereocenters. The van der Waals surface area contributed by atoms with Crippen LogP contribution in [0.1, 0.15) is 56.3 Å². The van der Waals surface area contributed by atoms with Crippen LogP contribution in [-0.4, -0.2) is 28.1 Å².